The lowest BCUT2D eigenvalue weighted by Gasteiger charge is -2.20. The third-order valence-electron chi connectivity index (χ3n) is 3.41. The van der Waals surface area contributed by atoms with Gasteiger partial charge in [0, 0.05) is 6.54 Å². The summed E-state index contributed by atoms with van der Waals surface area (Å²) in [5.74, 6) is 0.511. The topological polar surface area (TPSA) is 41.1 Å². The first kappa shape index (κ1) is 11.6. The Morgan fingerprint density at radius 3 is 3.06 bits per heavy atom. The molecule has 2 rings (SSSR count). The molecule has 0 aromatic rings. The van der Waals surface area contributed by atoms with Crippen LogP contribution in [0.1, 0.15) is 32.1 Å². The first-order chi connectivity index (χ1) is 7.75. The number of allylic oxidation sites excluding steroid dienone is 2. The summed E-state index contributed by atoms with van der Waals surface area (Å²) in [6.45, 7) is 1.62. The Kier molecular flexibility index (Phi) is 3.93. The molecule has 90 valence electrons. The monoisotopic (exact) mass is 226 g/mol. The van der Waals surface area contributed by atoms with Crippen LogP contribution in [0.4, 0.5) is 4.39 Å². The number of amides is 1. The predicted octanol–water partition coefficient (Wildman–Crippen LogP) is 1.51. The number of hydrogen-bond acceptors (Lipinski definition) is 2. The molecule has 1 fully saturated rings. The van der Waals surface area contributed by atoms with Crippen LogP contribution in [0.15, 0.2) is 11.9 Å². The molecule has 2 atom stereocenters. The average Bonchev–Trinajstić information content (AvgIpc) is 2.81. The maximum Gasteiger partial charge on any atom is 0.237 e. The fourth-order valence-electron chi connectivity index (χ4n) is 2.32. The van der Waals surface area contributed by atoms with Gasteiger partial charge in [0.15, 0.2) is 0 Å². The van der Waals surface area contributed by atoms with Gasteiger partial charge in [-0.15, -0.1) is 0 Å². The maximum absolute atomic E-state index is 12.8. The Hall–Kier alpha value is -0.900. The van der Waals surface area contributed by atoms with Crippen molar-refractivity contribution in [2.45, 2.75) is 38.1 Å². The quantitative estimate of drug-likeness (QED) is 0.766. The summed E-state index contributed by atoms with van der Waals surface area (Å²) in [6.07, 6.45) is 5.79. The van der Waals surface area contributed by atoms with Crippen molar-refractivity contribution >= 4 is 5.91 Å². The van der Waals surface area contributed by atoms with Crippen LogP contribution >= 0.6 is 0 Å². The lowest BCUT2D eigenvalue weighted by atomic mass is 9.93. The van der Waals surface area contributed by atoms with Gasteiger partial charge in [-0.3, -0.25) is 4.79 Å². The van der Waals surface area contributed by atoms with Gasteiger partial charge in [-0.25, -0.2) is 4.39 Å². The molecule has 2 aliphatic rings. The summed E-state index contributed by atoms with van der Waals surface area (Å²) < 4.78 is 12.8. The van der Waals surface area contributed by atoms with Crippen LogP contribution in [0, 0.1) is 5.92 Å². The van der Waals surface area contributed by atoms with Crippen LogP contribution in [0.5, 0.6) is 0 Å². The molecular weight excluding hydrogens is 207 g/mol. The van der Waals surface area contributed by atoms with Crippen molar-refractivity contribution < 1.29 is 9.18 Å². The highest BCUT2D eigenvalue weighted by molar-refractivity contribution is 5.81. The summed E-state index contributed by atoms with van der Waals surface area (Å²) >= 11 is 0. The molecule has 1 saturated heterocycles. The van der Waals surface area contributed by atoms with E-state index in [-0.39, 0.29) is 17.8 Å². The number of carbonyl (C=O) groups is 1. The number of halogens is 1. The predicted molar refractivity (Wildman–Crippen MR) is 60.6 cm³/mol. The van der Waals surface area contributed by atoms with Crippen molar-refractivity contribution in [3.63, 3.8) is 0 Å². The van der Waals surface area contributed by atoms with Gasteiger partial charge in [0.1, 0.15) is 0 Å². The SMILES string of the molecule is O=C(NCC1CC=C(F)CC1)C1CCCN1. The number of hydrogen-bond donors (Lipinski definition) is 2. The van der Waals surface area contributed by atoms with E-state index in [1.807, 2.05) is 0 Å². The smallest absolute Gasteiger partial charge is 0.237 e. The Morgan fingerprint density at radius 2 is 2.44 bits per heavy atom. The zero-order valence-corrected chi connectivity index (χ0v) is 9.47. The van der Waals surface area contributed by atoms with E-state index in [1.54, 1.807) is 6.08 Å². The second kappa shape index (κ2) is 5.43. The molecule has 0 radical (unpaired) electrons. The molecule has 0 spiro atoms. The molecular formula is C12H19FN2O. The number of carbonyl (C=O) groups excluding carboxylic acids is 1. The molecule has 2 unspecified atom stereocenters. The second-order valence-corrected chi connectivity index (χ2v) is 4.69. The Morgan fingerprint density at radius 1 is 1.56 bits per heavy atom. The van der Waals surface area contributed by atoms with Crippen LogP contribution in [0.2, 0.25) is 0 Å². The van der Waals surface area contributed by atoms with Crippen molar-refractivity contribution in [1.29, 1.82) is 0 Å². The van der Waals surface area contributed by atoms with E-state index in [1.165, 1.54) is 0 Å². The number of rotatable bonds is 3. The molecule has 0 saturated carbocycles. The van der Waals surface area contributed by atoms with Crippen LogP contribution < -0.4 is 10.6 Å². The molecule has 0 aromatic carbocycles. The fourth-order valence-corrected chi connectivity index (χ4v) is 2.32. The van der Waals surface area contributed by atoms with Crippen molar-refractivity contribution in [2.75, 3.05) is 13.1 Å². The largest absolute Gasteiger partial charge is 0.354 e. The van der Waals surface area contributed by atoms with Gasteiger partial charge >= 0.3 is 0 Å². The highest BCUT2D eigenvalue weighted by Gasteiger charge is 2.22. The first-order valence-corrected chi connectivity index (χ1v) is 6.11. The van der Waals surface area contributed by atoms with E-state index < -0.39 is 0 Å². The van der Waals surface area contributed by atoms with E-state index in [2.05, 4.69) is 10.6 Å². The van der Waals surface area contributed by atoms with Crippen molar-refractivity contribution in [3.8, 4) is 0 Å². The van der Waals surface area contributed by atoms with Crippen LogP contribution in [-0.4, -0.2) is 25.0 Å². The molecule has 0 aromatic heterocycles. The third-order valence-corrected chi connectivity index (χ3v) is 3.41. The van der Waals surface area contributed by atoms with E-state index in [0.29, 0.717) is 18.9 Å². The molecule has 1 amide bonds. The second-order valence-electron chi connectivity index (χ2n) is 4.69. The van der Waals surface area contributed by atoms with Crippen LogP contribution in [0.25, 0.3) is 0 Å². The zero-order valence-electron chi connectivity index (χ0n) is 9.47. The Bertz CT molecular complexity index is 285. The highest BCUT2D eigenvalue weighted by Crippen LogP contribution is 2.23. The van der Waals surface area contributed by atoms with E-state index >= 15 is 0 Å². The van der Waals surface area contributed by atoms with Crippen molar-refractivity contribution in [1.82, 2.24) is 10.6 Å². The first-order valence-electron chi connectivity index (χ1n) is 6.11. The summed E-state index contributed by atoms with van der Waals surface area (Å²) in [4.78, 5) is 11.7. The summed E-state index contributed by atoms with van der Waals surface area (Å²) in [7, 11) is 0. The normalized spacial score (nSPS) is 29.9. The molecule has 3 nitrogen and oxygen atoms in total. The van der Waals surface area contributed by atoms with Gasteiger partial charge in [0.2, 0.25) is 5.91 Å². The van der Waals surface area contributed by atoms with Gasteiger partial charge in [-0.05, 0) is 44.6 Å². The Labute approximate surface area is 95.5 Å². The van der Waals surface area contributed by atoms with Gasteiger partial charge < -0.3 is 10.6 Å². The summed E-state index contributed by atoms with van der Waals surface area (Å²) in [6, 6.07) is -0.00383. The molecule has 1 aliphatic heterocycles. The molecule has 1 heterocycles. The van der Waals surface area contributed by atoms with Gasteiger partial charge in [-0.1, -0.05) is 6.08 Å². The molecule has 16 heavy (non-hydrogen) atoms. The minimum atomic E-state index is -0.00383. The maximum atomic E-state index is 12.8. The van der Waals surface area contributed by atoms with Gasteiger partial charge in [0.05, 0.1) is 11.9 Å². The van der Waals surface area contributed by atoms with Gasteiger partial charge in [-0.2, -0.15) is 0 Å². The molecule has 0 bridgehead atoms. The van der Waals surface area contributed by atoms with E-state index in [0.717, 1.165) is 32.2 Å². The summed E-state index contributed by atoms with van der Waals surface area (Å²) in [5.41, 5.74) is 0. The molecule has 4 heteroatoms. The van der Waals surface area contributed by atoms with Gasteiger partial charge in [0.25, 0.3) is 0 Å². The zero-order chi connectivity index (χ0) is 11.4. The van der Waals surface area contributed by atoms with Crippen molar-refractivity contribution in [2.24, 2.45) is 5.92 Å². The fraction of sp³-hybridized carbons (Fsp3) is 0.750. The standard InChI is InChI=1S/C12H19FN2O/c13-10-5-3-9(4-6-10)8-15-12(16)11-2-1-7-14-11/h5,9,11,14H,1-4,6-8H2,(H,15,16). The lowest BCUT2D eigenvalue weighted by molar-refractivity contribution is -0.122. The number of nitrogens with one attached hydrogen (secondary N) is 2. The highest BCUT2D eigenvalue weighted by atomic mass is 19.1. The Balaban J connectivity index is 1.69. The minimum absolute atomic E-state index is 0.0000334. The lowest BCUT2D eigenvalue weighted by Crippen LogP contribution is -2.42. The summed E-state index contributed by atoms with van der Waals surface area (Å²) in [5, 5.41) is 6.12. The molecule has 1 aliphatic carbocycles. The van der Waals surface area contributed by atoms with E-state index in [9.17, 15) is 9.18 Å². The third kappa shape index (κ3) is 3.04. The average molecular weight is 226 g/mol. The van der Waals surface area contributed by atoms with Crippen LogP contribution in [0.3, 0.4) is 0 Å². The van der Waals surface area contributed by atoms with E-state index in [4.69, 9.17) is 0 Å². The van der Waals surface area contributed by atoms with Crippen molar-refractivity contribution in [3.05, 3.63) is 11.9 Å². The van der Waals surface area contributed by atoms with Crippen LogP contribution in [-0.2, 0) is 4.79 Å². The molecule has 2 N–H and O–H groups in total. The minimum Gasteiger partial charge on any atom is -0.354 e.